The Labute approximate surface area is 181 Å². The molecule has 1 saturated carbocycles. The number of aliphatic hydroxyl groups is 1. The van der Waals surface area contributed by atoms with Crippen LogP contribution in [0.2, 0.25) is 0 Å². The Morgan fingerprint density at radius 1 is 1.13 bits per heavy atom. The number of halogens is 2. The van der Waals surface area contributed by atoms with Crippen LogP contribution in [0.25, 0.3) is 11.0 Å². The van der Waals surface area contributed by atoms with Gasteiger partial charge in [-0.2, -0.15) is 0 Å². The predicted octanol–water partition coefficient (Wildman–Crippen LogP) is 4.89. The predicted molar refractivity (Wildman–Crippen MR) is 117 cm³/mol. The summed E-state index contributed by atoms with van der Waals surface area (Å²) in [6.45, 7) is 1.69. The minimum atomic E-state index is -0.840. The summed E-state index contributed by atoms with van der Waals surface area (Å²) in [6, 6.07) is 10.7. The van der Waals surface area contributed by atoms with Crippen LogP contribution in [0.1, 0.15) is 60.9 Å². The van der Waals surface area contributed by atoms with Crippen molar-refractivity contribution in [2.75, 3.05) is 20.1 Å². The maximum absolute atomic E-state index is 13.9. The summed E-state index contributed by atoms with van der Waals surface area (Å²) in [4.78, 5) is 10.2. The molecule has 2 bridgehead atoms. The van der Waals surface area contributed by atoms with Gasteiger partial charge in [0.1, 0.15) is 5.82 Å². The van der Waals surface area contributed by atoms with Gasteiger partial charge in [-0.1, -0.05) is 12.1 Å². The molecular weight excluding hydrogens is 396 g/mol. The summed E-state index contributed by atoms with van der Waals surface area (Å²) < 4.78 is 27.6. The molecule has 0 amide bonds. The number of aromatic nitrogens is 2. The van der Waals surface area contributed by atoms with E-state index in [1.807, 2.05) is 24.3 Å². The smallest absolute Gasteiger partial charge is 0.159 e. The van der Waals surface area contributed by atoms with Crippen LogP contribution in [0, 0.1) is 11.6 Å². The molecule has 0 saturated heterocycles. The van der Waals surface area contributed by atoms with Crippen LogP contribution in [0.3, 0.4) is 0 Å². The molecule has 0 radical (unpaired) electrons. The van der Waals surface area contributed by atoms with Gasteiger partial charge in [0, 0.05) is 18.9 Å². The summed E-state index contributed by atoms with van der Waals surface area (Å²) in [5.74, 6) is -0.566. The number of fused-ring (bicyclic) bond motifs is 3. The van der Waals surface area contributed by atoms with Crippen molar-refractivity contribution in [3.63, 3.8) is 0 Å². The molecule has 31 heavy (non-hydrogen) atoms. The summed E-state index contributed by atoms with van der Waals surface area (Å²) in [5.41, 5.74) is 2.94. The van der Waals surface area contributed by atoms with Crippen LogP contribution in [0.5, 0.6) is 0 Å². The first-order valence-corrected chi connectivity index (χ1v) is 11.3. The topological polar surface area (TPSA) is 52.2 Å². The Balaban J connectivity index is 1.17. The Morgan fingerprint density at radius 3 is 2.71 bits per heavy atom. The number of imidazole rings is 1. The lowest BCUT2D eigenvalue weighted by atomic mass is 9.58. The molecule has 1 aromatic heterocycles. The van der Waals surface area contributed by atoms with E-state index >= 15 is 0 Å². The van der Waals surface area contributed by atoms with Gasteiger partial charge in [-0.05, 0) is 87.0 Å². The van der Waals surface area contributed by atoms with Crippen LogP contribution in [0.4, 0.5) is 8.78 Å². The molecule has 2 N–H and O–H groups in total. The number of hydrogen-bond acceptors (Lipinski definition) is 3. The summed E-state index contributed by atoms with van der Waals surface area (Å²) in [7, 11) is 2.08. The molecule has 6 heteroatoms. The standard InChI is InChI=1S/C25H29F2N3O/c1-30(11-4-7-24-28-22-5-2-3-6-23(22)29-24)12-10-25(31)15-16-8-9-19(25)18-14-21(27)20(26)13-17(16)18/h2-3,5-6,13-14,16,19,31H,4,7-12,15H2,1H3,(H,28,29)/t16-,19+,25-/m0/s1. The lowest BCUT2D eigenvalue weighted by Crippen LogP contribution is -2.47. The monoisotopic (exact) mass is 425 g/mol. The molecule has 0 unspecified atom stereocenters. The van der Waals surface area contributed by atoms with Crippen molar-refractivity contribution in [3.05, 3.63) is 65.0 Å². The van der Waals surface area contributed by atoms with E-state index in [1.54, 1.807) is 0 Å². The lowest BCUT2D eigenvalue weighted by Gasteiger charge is -2.50. The van der Waals surface area contributed by atoms with Crippen LogP contribution in [0.15, 0.2) is 36.4 Å². The van der Waals surface area contributed by atoms with E-state index in [0.717, 1.165) is 66.8 Å². The Kier molecular flexibility index (Phi) is 5.30. The Bertz CT molecular complexity index is 1060. The van der Waals surface area contributed by atoms with Crippen LogP contribution < -0.4 is 0 Å². The van der Waals surface area contributed by atoms with Gasteiger partial charge in [-0.3, -0.25) is 0 Å². The number of nitrogens with zero attached hydrogens (tertiary/aromatic N) is 2. The number of aromatic amines is 1. The van der Waals surface area contributed by atoms with Gasteiger partial charge in [0.15, 0.2) is 11.6 Å². The summed E-state index contributed by atoms with van der Waals surface area (Å²) in [6.07, 6.45) is 4.93. The number of nitrogens with one attached hydrogen (secondary N) is 1. The molecule has 1 heterocycles. The minimum Gasteiger partial charge on any atom is -0.389 e. The molecule has 3 aliphatic carbocycles. The third-order valence-corrected chi connectivity index (χ3v) is 7.31. The van der Waals surface area contributed by atoms with Gasteiger partial charge >= 0.3 is 0 Å². The maximum Gasteiger partial charge on any atom is 0.159 e. The number of H-pyrrole nitrogens is 1. The molecule has 2 aromatic carbocycles. The summed E-state index contributed by atoms with van der Waals surface area (Å²) >= 11 is 0. The van der Waals surface area contributed by atoms with Crippen molar-refractivity contribution in [2.24, 2.45) is 0 Å². The first kappa shape index (κ1) is 20.6. The van der Waals surface area contributed by atoms with Crippen LogP contribution in [-0.4, -0.2) is 45.7 Å². The zero-order valence-electron chi connectivity index (χ0n) is 17.9. The van der Waals surface area contributed by atoms with Gasteiger partial charge in [-0.15, -0.1) is 0 Å². The number of hydrogen-bond donors (Lipinski definition) is 2. The van der Waals surface area contributed by atoms with Gasteiger partial charge in [0.25, 0.3) is 0 Å². The lowest BCUT2D eigenvalue weighted by molar-refractivity contribution is -0.0454. The molecule has 6 rings (SSSR count). The van der Waals surface area contributed by atoms with Crippen LogP contribution >= 0.6 is 0 Å². The second kappa shape index (κ2) is 7.99. The van der Waals surface area contributed by atoms with E-state index in [1.165, 1.54) is 12.1 Å². The van der Waals surface area contributed by atoms with Gasteiger partial charge in [-0.25, -0.2) is 13.8 Å². The zero-order chi connectivity index (χ0) is 21.6. The van der Waals surface area contributed by atoms with Crippen molar-refractivity contribution in [1.82, 2.24) is 14.9 Å². The van der Waals surface area contributed by atoms with E-state index in [4.69, 9.17) is 0 Å². The molecule has 3 atom stereocenters. The fourth-order valence-electron chi connectivity index (χ4n) is 5.66. The van der Waals surface area contributed by atoms with Crippen molar-refractivity contribution in [1.29, 1.82) is 0 Å². The van der Waals surface area contributed by atoms with Crippen molar-refractivity contribution < 1.29 is 13.9 Å². The van der Waals surface area contributed by atoms with Gasteiger partial charge < -0.3 is 15.0 Å². The van der Waals surface area contributed by atoms with E-state index in [0.29, 0.717) is 12.8 Å². The fourth-order valence-corrected chi connectivity index (χ4v) is 5.66. The average Bonchev–Trinajstić information content (AvgIpc) is 3.16. The quantitative estimate of drug-likeness (QED) is 0.567. The second-order valence-corrected chi connectivity index (χ2v) is 9.39. The molecule has 164 valence electrons. The molecule has 3 aliphatic rings. The normalized spacial score (nSPS) is 24.8. The van der Waals surface area contributed by atoms with Gasteiger partial charge in [0.05, 0.1) is 16.6 Å². The number of benzene rings is 2. The zero-order valence-corrected chi connectivity index (χ0v) is 17.9. The Hall–Kier alpha value is -2.31. The van der Waals surface area contributed by atoms with Crippen molar-refractivity contribution >= 4 is 11.0 Å². The van der Waals surface area contributed by atoms with Crippen LogP contribution in [-0.2, 0) is 6.42 Å². The average molecular weight is 426 g/mol. The van der Waals surface area contributed by atoms with Crippen molar-refractivity contribution in [3.8, 4) is 0 Å². The third-order valence-electron chi connectivity index (χ3n) is 7.31. The van der Waals surface area contributed by atoms with E-state index in [9.17, 15) is 13.9 Å². The fraction of sp³-hybridized carbons (Fsp3) is 0.480. The molecule has 4 nitrogen and oxygen atoms in total. The number of aryl methyl sites for hydroxylation is 1. The SMILES string of the molecule is CN(CCCc1nc2ccccc2[nH]1)CC[C@]1(O)C[C@@H]2CC[C@@H]1c1cc(F)c(F)cc12. The second-order valence-electron chi connectivity index (χ2n) is 9.39. The largest absolute Gasteiger partial charge is 0.389 e. The van der Waals surface area contributed by atoms with Gasteiger partial charge in [0.2, 0.25) is 0 Å². The molecular formula is C25H29F2N3O. The molecule has 1 fully saturated rings. The highest BCUT2D eigenvalue weighted by Crippen LogP contribution is 2.55. The highest BCUT2D eigenvalue weighted by molar-refractivity contribution is 5.74. The number of rotatable bonds is 7. The molecule has 0 aliphatic heterocycles. The highest BCUT2D eigenvalue weighted by Gasteiger charge is 2.49. The first-order chi connectivity index (χ1) is 14.9. The van der Waals surface area contributed by atoms with E-state index in [-0.39, 0.29) is 11.8 Å². The first-order valence-electron chi connectivity index (χ1n) is 11.3. The van der Waals surface area contributed by atoms with Crippen molar-refractivity contribution in [2.45, 2.75) is 56.0 Å². The third kappa shape index (κ3) is 3.87. The number of para-hydroxylation sites is 2. The highest BCUT2D eigenvalue weighted by atomic mass is 19.2. The molecule has 0 spiro atoms. The van der Waals surface area contributed by atoms with E-state index in [2.05, 4.69) is 21.9 Å². The van der Waals surface area contributed by atoms with E-state index < -0.39 is 17.2 Å². The maximum atomic E-state index is 13.9. The minimum absolute atomic E-state index is 0.105. The Morgan fingerprint density at radius 2 is 1.90 bits per heavy atom. The molecule has 3 aromatic rings. The summed E-state index contributed by atoms with van der Waals surface area (Å²) in [5, 5.41) is 11.4.